The molecule has 0 amide bonds. The van der Waals surface area contributed by atoms with Crippen molar-refractivity contribution < 1.29 is 29.6 Å². The van der Waals surface area contributed by atoms with Gasteiger partial charge in [0.05, 0.1) is 6.61 Å². The second kappa shape index (κ2) is 11.5. The molecule has 2 aliphatic rings. The van der Waals surface area contributed by atoms with Crippen molar-refractivity contribution in [3.05, 3.63) is 70.9 Å². The molecule has 7 heteroatoms. The molecule has 0 radical (unpaired) electrons. The quantitative estimate of drug-likeness (QED) is 0.528. The van der Waals surface area contributed by atoms with Crippen LogP contribution in [0.2, 0.25) is 0 Å². The molecule has 7 unspecified atom stereocenters. The van der Waals surface area contributed by atoms with Crippen LogP contribution in [-0.4, -0.2) is 57.6 Å². The van der Waals surface area contributed by atoms with Crippen LogP contribution >= 0.6 is 11.3 Å². The van der Waals surface area contributed by atoms with Gasteiger partial charge in [-0.3, -0.25) is 0 Å². The van der Waals surface area contributed by atoms with E-state index in [1.54, 1.807) is 23.5 Å². The van der Waals surface area contributed by atoms with Crippen molar-refractivity contribution in [3.8, 4) is 10.4 Å². The van der Waals surface area contributed by atoms with Gasteiger partial charge in [0.2, 0.25) is 0 Å². The summed E-state index contributed by atoms with van der Waals surface area (Å²) in [7, 11) is 0. The normalized spacial score (nSPS) is 31.5. The van der Waals surface area contributed by atoms with Crippen LogP contribution < -0.4 is 0 Å². The smallest absolute Gasteiger partial charge is 0.123 e. The van der Waals surface area contributed by atoms with E-state index in [2.05, 4.69) is 25.1 Å². The lowest BCUT2D eigenvalue weighted by Crippen LogP contribution is -2.58. The Morgan fingerprint density at radius 1 is 0.970 bits per heavy atom. The topological polar surface area (TPSA) is 90.2 Å². The standard InChI is InChI=1S/C24H27FO5S.C2H6/c1-13-2-3-15(24-23(29)22(28)21(27)19(12-26)30-24)10-16(13)11-18-8-9-20(31-18)14-4-6-17(25)7-5-14;1-2/h2-10,13,16,19,21-24,26-29H,11-12H2,1H3;1-2H3. The number of aliphatic hydroxyl groups excluding tert-OH is 4. The third kappa shape index (κ3) is 5.80. The summed E-state index contributed by atoms with van der Waals surface area (Å²) in [5, 5.41) is 40.0. The summed E-state index contributed by atoms with van der Waals surface area (Å²) < 4.78 is 18.9. The van der Waals surface area contributed by atoms with E-state index >= 15 is 0 Å². The number of benzene rings is 1. The Morgan fingerprint density at radius 3 is 2.33 bits per heavy atom. The molecule has 33 heavy (non-hydrogen) atoms. The highest BCUT2D eigenvalue weighted by Gasteiger charge is 2.44. The van der Waals surface area contributed by atoms with E-state index in [1.165, 1.54) is 17.0 Å². The van der Waals surface area contributed by atoms with Crippen molar-refractivity contribution in [2.24, 2.45) is 11.8 Å². The summed E-state index contributed by atoms with van der Waals surface area (Å²) in [6, 6.07) is 10.6. The number of rotatable bonds is 5. The molecule has 1 aliphatic carbocycles. The van der Waals surface area contributed by atoms with Crippen LogP contribution in [0, 0.1) is 17.7 Å². The van der Waals surface area contributed by atoms with E-state index in [-0.39, 0.29) is 17.7 Å². The predicted octanol–water partition coefficient (Wildman–Crippen LogP) is 3.71. The number of thiophene rings is 1. The van der Waals surface area contributed by atoms with Gasteiger partial charge in [-0.1, -0.05) is 51.1 Å². The Hall–Kier alpha value is -1.87. The van der Waals surface area contributed by atoms with Crippen molar-refractivity contribution in [1.82, 2.24) is 0 Å². The molecule has 0 bridgehead atoms. The molecule has 5 nitrogen and oxygen atoms in total. The van der Waals surface area contributed by atoms with E-state index in [9.17, 15) is 24.8 Å². The van der Waals surface area contributed by atoms with Crippen LogP contribution in [0.15, 0.2) is 60.2 Å². The molecule has 1 aromatic carbocycles. The molecule has 1 saturated heterocycles. The predicted molar refractivity (Wildman–Crippen MR) is 128 cm³/mol. The fraction of sp³-hybridized carbons (Fsp3) is 0.462. The van der Waals surface area contributed by atoms with E-state index in [0.29, 0.717) is 0 Å². The summed E-state index contributed by atoms with van der Waals surface area (Å²) in [6.45, 7) is 5.68. The minimum atomic E-state index is -1.39. The second-order valence-electron chi connectivity index (χ2n) is 8.28. The van der Waals surface area contributed by atoms with Crippen molar-refractivity contribution in [1.29, 1.82) is 0 Å². The van der Waals surface area contributed by atoms with Gasteiger partial charge in [0.25, 0.3) is 0 Å². The third-order valence-corrected chi connectivity index (χ3v) is 7.28. The maximum Gasteiger partial charge on any atom is 0.123 e. The van der Waals surface area contributed by atoms with Gasteiger partial charge in [-0.25, -0.2) is 4.39 Å². The lowest BCUT2D eigenvalue weighted by Gasteiger charge is -2.41. The zero-order chi connectivity index (χ0) is 24.1. The van der Waals surface area contributed by atoms with Gasteiger partial charge in [-0.2, -0.15) is 0 Å². The van der Waals surface area contributed by atoms with Crippen LogP contribution in [0.25, 0.3) is 10.4 Å². The summed E-state index contributed by atoms with van der Waals surface area (Å²) in [5.74, 6) is 0.173. The van der Waals surface area contributed by atoms with Gasteiger partial charge in [0.1, 0.15) is 36.3 Å². The van der Waals surface area contributed by atoms with Crippen LogP contribution in [0.4, 0.5) is 4.39 Å². The summed E-state index contributed by atoms with van der Waals surface area (Å²) in [5.41, 5.74) is 1.71. The van der Waals surface area contributed by atoms with E-state index < -0.39 is 37.1 Å². The van der Waals surface area contributed by atoms with Gasteiger partial charge in [0.15, 0.2) is 0 Å². The van der Waals surface area contributed by atoms with Crippen LogP contribution in [0.1, 0.15) is 25.6 Å². The maximum atomic E-state index is 13.2. The van der Waals surface area contributed by atoms with Crippen molar-refractivity contribution in [2.75, 3.05) is 6.61 Å². The van der Waals surface area contributed by atoms with Crippen LogP contribution in [0.5, 0.6) is 0 Å². The lowest BCUT2D eigenvalue weighted by atomic mass is 9.81. The van der Waals surface area contributed by atoms with E-state index in [4.69, 9.17) is 4.74 Å². The third-order valence-electron chi connectivity index (χ3n) is 6.12. The SMILES string of the molecule is CC.CC1C=CC(C2OC(CO)C(O)C(O)C2O)=CC1Cc1ccc(-c2ccc(F)cc2)s1. The average molecular weight is 477 g/mol. The van der Waals surface area contributed by atoms with Crippen molar-refractivity contribution >= 4 is 11.3 Å². The van der Waals surface area contributed by atoms with Crippen molar-refractivity contribution in [2.45, 2.75) is 57.7 Å². The molecule has 4 N–H and O–H groups in total. The van der Waals surface area contributed by atoms with Gasteiger partial charge in [-0.05, 0) is 53.7 Å². The van der Waals surface area contributed by atoms with Crippen molar-refractivity contribution in [3.63, 3.8) is 0 Å². The minimum Gasteiger partial charge on any atom is -0.394 e. The van der Waals surface area contributed by atoms with Crippen LogP contribution in [0.3, 0.4) is 0 Å². The Bertz CT molecular complexity index is 952. The number of aliphatic hydroxyl groups is 4. The Morgan fingerprint density at radius 2 is 1.67 bits per heavy atom. The second-order valence-corrected chi connectivity index (χ2v) is 9.44. The van der Waals surface area contributed by atoms with Crippen LogP contribution in [-0.2, 0) is 11.2 Å². The Balaban J connectivity index is 0.00000149. The molecule has 7 atom stereocenters. The Labute approximate surface area is 198 Å². The van der Waals surface area contributed by atoms with Gasteiger partial charge >= 0.3 is 0 Å². The zero-order valence-electron chi connectivity index (χ0n) is 19.1. The maximum absolute atomic E-state index is 13.2. The summed E-state index contributed by atoms with van der Waals surface area (Å²) >= 11 is 1.67. The molecule has 0 spiro atoms. The van der Waals surface area contributed by atoms with Gasteiger partial charge < -0.3 is 25.2 Å². The molecule has 2 aromatic rings. The average Bonchev–Trinajstić information content (AvgIpc) is 3.30. The monoisotopic (exact) mass is 476 g/mol. The molecule has 1 fully saturated rings. The minimum absolute atomic E-state index is 0.159. The highest BCUT2D eigenvalue weighted by Crippen LogP contribution is 2.35. The molecule has 2 heterocycles. The van der Waals surface area contributed by atoms with Gasteiger partial charge in [0, 0.05) is 9.75 Å². The number of halogens is 1. The summed E-state index contributed by atoms with van der Waals surface area (Å²) in [6.07, 6.45) is 0.990. The van der Waals surface area contributed by atoms with Gasteiger partial charge in [-0.15, -0.1) is 11.3 Å². The first-order valence-corrected chi connectivity index (χ1v) is 12.2. The highest BCUT2D eigenvalue weighted by molar-refractivity contribution is 7.15. The molecular weight excluding hydrogens is 443 g/mol. The first-order valence-electron chi connectivity index (χ1n) is 11.4. The fourth-order valence-corrected chi connectivity index (χ4v) is 5.25. The number of hydrogen-bond acceptors (Lipinski definition) is 6. The molecule has 1 aliphatic heterocycles. The molecule has 1 aromatic heterocycles. The number of hydrogen-bond donors (Lipinski definition) is 4. The fourth-order valence-electron chi connectivity index (χ4n) is 4.16. The van der Waals surface area contributed by atoms with E-state index in [1.807, 2.05) is 26.0 Å². The van der Waals surface area contributed by atoms with E-state index in [0.717, 1.165) is 22.4 Å². The lowest BCUT2D eigenvalue weighted by molar-refractivity contribution is -0.218. The molecular formula is C26H33FO5S. The largest absolute Gasteiger partial charge is 0.394 e. The molecule has 4 rings (SSSR count). The molecule has 0 saturated carbocycles. The number of ether oxygens (including phenoxy) is 1. The highest BCUT2D eigenvalue weighted by atomic mass is 32.1. The summed E-state index contributed by atoms with van der Waals surface area (Å²) in [4.78, 5) is 2.27. The number of allylic oxidation sites excluding steroid dienone is 2. The Kier molecular flexibility index (Phi) is 8.98. The zero-order valence-corrected chi connectivity index (χ0v) is 20.0. The molecule has 180 valence electrons. The first-order chi connectivity index (χ1) is 15.9. The first kappa shape index (κ1) is 25.7.